The van der Waals surface area contributed by atoms with Gasteiger partial charge in [-0.25, -0.2) is 9.78 Å². The molecule has 0 aliphatic carbocycles. The molecule has 1 aromatic heterocycles. The Kier molecular flexibility index (Phi) is 5.33. The Hall–Kier alpha value is -2.11. The van der Waals surface area contributed by atoms with Crippen LogP contribution in [0.2, 0.25) is 5.02 Å². The normalized spacial score (nSPS) is 16.0. The summed E-state index contributed by atoms with van der Waals surface area (Å²) in [5, 5.41) is 13.1. The van der Waals surface area contributed by atoms with E-state index in [0.29, 0.717) is 11.9 Å². The first-order chi connectivity index (χ1) is 11.6. The number of piperidine rings is 1. The third-order valence-electron chi connectivity index (χ3n) is 4.23. The highest BCUT2D eigenvalue weighted by molar-refractivity contribution is 6.30. The lowest BCUT2D eigenvalue weighted by Gasteiger charge is -2.32. The fourth-order valence-corrected chi connectivity index (χ4v) is 3.05. The second kappa shape index (κ2) is 7.64. The summed E-state index contributed by atoms with van der Waals surface area (Å²) in [6.45, 7) is 2.93. The fourth-order valence-electron chi connectivity index (χ4n) is 2.93. The lowest BCUT2D eigenvalue weighted by molar-refractivity contribution is 0.0690. The number of carbonyl (C=O) groups is 1. The van der Waals surface area contributed by atoms with Crippen molar-refractivity contribution in [2.45, 2.75) is 25.4 Å². The number of aromatic nitrogens is 1. The van der Waals surface area contributed by atoms with Gasteiger partial charge in [-0.2, -0.15) is 0 Å². The number of carboxylic acids is 1. The van der Waals surface area contributed by atoms with Crippen molar-refractivity contribution in [1.82, 2.24) is 9.88 Å². The first kappa shape index (κ1) is 16.7. The number of nitrogens with zero attached hydrogens (tertiary/aromatic N) is 2. The average Bonchev–Trinajstić information content (AvgIpc) is 2.59. The summed E-state index contributed by atoms with van der Waals surface area (Å²) in [7, 11) is 0. The van der Waals surface area contributed by atoms with Crippen LogP contribution in [0.25, 0.3) is 0 Å². The van der Waals surface area contributed by atoms with E-state index in [0.717, 1.165) is 37.5 Å². The number of nitrogens with one attached hydrogen (secondary N) is 1. The molecule has 0 unspecified atom stereocenters. The molecule has 1 fully saturated rings. The van der Waals surface area contributed by atoms with Gasteiger partial charge in [-0.15, -0.1) is 0 Å². The zero-order valence-corrected chi connectivity index (χ0v) is 14.0. The molecule has 0 atom stereocenters. The summed E-state index contributed by atoms with van der Waals surface area (Å²) in [6, 6.07) is 13.3. The van der Waals surface area contributed by atoms with Crippen molar-refractivity contribution in [3.63, 3.8) is 0 Å². The van der Waals surface area contributed by atoms with Crippen LogP contribution in [-0.2, 0) is 6.54 Å². The Morgan fingerprint density at radius 2 is 1.92 bits per heavy atom. The number of rotatable bonds is 5. The van der Waals surface area contributed by atoms with Gasteiger partial charge in [0.05, 0.1) is 0 Å². The first-order valence-electron chi connectivity index (χ1n) is 8.04. The standard InChI is InChI=1S/C18H20ClN3O2/c19-14-6-4-13(5-7-14)12-22-10-8-15(9-11-22)20-17-3-1-2-16(21-17)18(23)24/h1-7,15H,8-12H2,(H,20,21)(H,23,24). The number of halogens is 1. The summed E-state index contributed by atoms with van der Waals surface area (Å²) < 4.78 is 0. The maximum Gasteiger partial charge on any atom is 0.354 e. The van der Waals surface area contributed by atoms with E-state index in [1.165, 1.54) is 11.6 Å². The second-order valence-electron chi connectivity index (χ2n) is 6.03. The van der Waals surface area contributed by atoms with Crippen LogP contribution < -0.4 is 5.32 Å². The molecule has 2 aromatic rings. The molecule has 24 heavy (non-hydrogen) atoms. The third-order valence-corrected chi connectivity index (χ3v) is 4.48. The number of likely N-dealkylation sites (tertiary alicyclic amines) is 1. The van der Waals surface area contributed by atoms with Crippen LogP contribution >= 0.6 is 11.6 Å². The van der Waals surface area contributed by atoms with Gasteiger partial charge in [0.15, 0.2) is 5.69 Å². The van der Waals surface area contributed by atoms with Crippen molar-refractivity contribution in [1.29, 1.82) is 0 Å². The molecule has 2 heterocycles. The zero-order valence-electron chi connectivity index (χ0n) is 13.3. The molecule has 0 radical (unpaired) electrons. The van der Waals surface area contributed by atoms with Crippen molar-refractivity contribution in [3.8, 4) is 0 Å². The van der Waals surface area contributed by atoms with Crippen LogP contribution in [0.1, 0.15) is 28.9 Å². The molecule has 6 heteroatoms. The van der Waals surface area contributed by atoms with Crippen LogP contribution in [-0.4, -0.2) is 40.1 Å². The summed E-state index contributed by atoms with van der Waals surface area (Å²) in [6.07, 6.45) is 2.01. The van der Waals surface area contributed by atoms with Gasteiger partial charge in [-0.1, -0.05) is 29.8 Å². The van der Waals surface area contributed by atoms with Crippen LogP contribution in [0, 0.1) is 0 Å². The highest BCUT2D eigenvalue weighted by Crippen LogP contribution is 2.18. The van der Waals surface area contributed by atoms with Gasteiger partial charge < -0.3 is 10.4 Å². The number of hydrogen-bond donors (Lipinski definition) is 2. The summed E-state index contributed by atoms with van der Waals surface area (Å²) in [5.41, 5.74) is 1.34. The summed E-state index contributed by atoms with van der Waals surface area (Å²) >= 11 is 5.92. The Bertz CT molecular complexity index is 698. The molecule has 0 spiro atoms. The minimum atomic E-state index is -1.00. The summed E-state index contributed by atoms with van der Waals surface area (Å²) in [4.78, 5) is 17.5. The quantitative estimate of drug-likeness (QED) is 0.868. The van der Waals surface area contributed by atoms with E-state index in [1.54, 1.807) is 6.07 Å². The van der Waals surface area contributed by atoms with Gasteiger partial charge in [0.25, 0.3) is 0 Å². The molecule has 3 rings (SSSR count). The first-order valence-corrected chi connectivity index (χ1v) is 8.41. The van der Waals surface area contributed by atoms with Crippen molar-refractivity contribution >= 4 is 23.4 Å². The Morgan fingerprint density at radius 1 is 1.21 bits per heavy atom. The lowest BCUT2D eigenvalue weighted by atomic mass is 10.0. The highest BCUT2D eigenvalue weighted by atomic mass is 35.5. The van der Waals surface area contributed by atoms with Crippen molar-refractivity contribution in [3.05, 3.63) is 58.7 Å². The van der Waals surface area contributed by atoms with Crippen LogP contribution in [0.4, 0.5) is 5.82 Å². The Labute approximate surface area is 146 Å². The third kappa shape index (κ3) is 4.46. The highest BCUT2D eigenvalue weighted by Gasteiger charge is 2.19. The molecule has 1 aliphatic heterocycles. The summed E-state index contributed by atoms with van der Waals surface area (Å²) in [5.74, 6) is -0.373. The van der Waals surface area contributed by atoms with Gasteiger partial charge >= 0.3 is 5.97 Å². The average molecular weight is 346 g/mol. The number of aromatic carboxylic acids is 1. The van der Waals surface area contributed by atoms with Crippen molar-refractivity contribution < 1.29 is 9.90 Å². The number of anilines is 1. The number of benzene rings is 1. The smallest absolute Gasteiger partial charge is 0.354 e. The molecule has 1 aromatic carbocycles. The largest absolute Gasteiger partial charge is 0.477 e. The number of carboxylic acid groups (broad SMARTS) is 1. The molecule has 0 saturated carbocycles. The van der Waals surface area contributed by atoms with Gasteiger partial charge in [-0.05, 0) is 42.7 Å². The van der Waals surface area contributed by atoms with Gasteiger partial charge in [-0.3, -0.25) is 4.90 Å². The topological polar surface area (TPSA) is 65.5 Å². The van der Waals surface area contributed by atoms with Crippen molar-refractivity contribution in [2.24, 2.45) is 0 Å². The van der Waals surface area contributed by atoms with Crippen LogP contribution in [0.15, 0.2) is 42.5 Å². The van der Waals surface area contributed by atoms with Gasteiger partial charge in [0.1, 0.15) is 5.82 Å². The predicted molar refractivity (Wildman–Crippen MR) is 94.6 cm³/mol. The molecular formula is C18H20ClN3O2. The number of hydrogen-bond acceptors (Lipinski definition) is 4. The molecule has 1 saturated heterocycles. The predicted octanol–water partition coefficient (Wildman–Crippen LogP) is 3.51. The SMILES string of the molecule is O=C(O)c1cccc(NC2CCN(Cc3ccc(Cl)cc3)CC2)n1. The molecule has 5 nitrogen and oxygen atoms in total. The van der Waals surface area contributed by atoms with Crippen LogP contribution in [0.3, 0.4) is 0 Å². The van der Waals surface area contributed by atoms with Crippen molar-refractivity contribution in [2.75, 3.05) is 18.4 Å². The Balaban J connectivity index is 1.51. The second-order valence-corrected chi connectivity index (χ2v) is 6.47. The molecule has 0 bridgehead atoms. The van der Waals surface area contributed by atoms with E-state index >= 15 is 0 Å². The minimum Gasteiger partial charge on any atom is -0.477 e. The number of pyridine rings is 1. The van der Waals surface area contributed by atoms with E-state index in [1.807, 2.05) is 18.2 Å². The molecular weight excluding hydrogens is 326 g/mol. The maximum atomic E-state index is 11.0. The minimum absolute atomic E-state index is 0.0696. The molecule has 126 valence electrons. The van der Waals surface area contributed by atoms with E-state index < -0.39 is 5.97 Å². The molecule has 0 amide bonds. The zero-order chi connectivity index (χ0) is 16.9. The monoisotopic (exact) mass is 345 g/mol. The maximum absolute atomic E-state index is 11.0. The lowest BCUT2D eigenvalue weighted by Crippen LogP contribution is -2.38. The molecule has 2 N–H and O–H groups in total. The van der Waals surface area contributed by atoms with Gasteiger partial charge in [0, 0.05) is 30.7 Å². The van der Waals surface area contributed by atoms with Crippen LogP contribution in [0.5, 0.6) is 0 Å². The Morgan fingerprint density at radius 3 is 2.58 bits per heavy atom. The van der Waals surface area contributed by atoms with E-state index in [-0.39, 0.29) is 5.69 Å². The van der Waals surface area contributed by atoms with E-state index in [2.05, 4.69) is 27.3 Å². The fraction of sp³-hybridized carbons (Fsp3) is 0.333. The van der Waals surface area contributed by atoms with E-state index in [4.69, 9.17) is 16.7 Å². The van der Waals surface area contributed by atoms with Gasteiger partial charge in [0.2, 0.25) is 0 Å². The van der Waals surface area contributed by atoms with E-state index in [9.17, 15) is 4.79 Å². The molecule has 1 aliphatic rings.